The predicted octanol–water partition coefficient (Wildman–Crippen LogP) is 4.41. The lowest BCUT2D eigenvalue weighted by Crippen LogP contribution is -2.50. The number of benzene rings is 1. The van der Waals surface area contributed by atoms with Crippen molar-refractivity contribution >= 4 is 23.2 Å². The maximum absolute atomic E-state index is 6.41. The van der Waals surface area contributed by atoms with E-state index in [9.17, 15) is 0 Å². The number of halogens is 2. The van der Waals surface area contributed by atoms with E-state index in [4.69, 9.17) is 23.2 Å². The summed E-state index contributed by atoms with van der Waals surface area (Å²) in [4.78, 5) is 0. The molecule has 0 saturated heterocycles. The van der Waals surface area contributed by atoms with Crippen molar-refractivity contribution in [2.24, 2.45) is 5.92 Å². The number of hydrogen-bond acceptors (Lipinski definition) is 1. The summed E-state index contributed by atoms with van der Waals surface area (Å²) in [6.45, 7) is 3.39. The Morgan fingerprint density at radius 3 is 2.56 bits per heavy atom. The van der Waals surface area contributed by atoms with E-state index in [1.54, 1.807) is 0 Å². The van der Waals surface area contributed by atoms with Crippen LogP contribution in [0, 0.1) is 5.92 Å². The minimum atomic E-state index is 0.226. The fourth-order valence-corrected chi connectivity index (χ4v) is 3.64. The van der Waals surface area contributed by atoms with Crippen molar-refractivity contribution in [3.63, 3.8) is 0 Å². The summed E-state index contributed by atoms with van der Waals surface area (Å²) in [7, 11) is 0. The Bertz CT molecular complexity index is 456. The first kappa shape index (κ1) is 12.8. The van der Waals surface area contributed by atoms with Crippen LogP contribution in [-0.2, 0) is 5.41 Å². The second-order valence-electron chi connectivity index (χ2n) is 5.88. The largest absolute Gasteiger partial charge is 0.313 e. The van der Waals surface area contributed by atoms with E-state index in [1.165, 1.54) is 31.2 Å². The Morgan fingerprint density at radius 1 is 1.28 bits per heavy atom. The molecule has 1 aromatic carbocycles. The average molecular weight is 284 g/mol. The Hall–Kier alpha value is -0.240. The van der Waals surface area contributed by atoms with Gasteiger partial charge in [-0.15, -0.1) is 0 Å². The first-order chi connectivity index (χ1) is 8.62. The van der Waals surface area contributed by atoms with Gasteiger partial charge in [-0.1, -0.05) is 36.2 Å². The van der Waals surface area contributed by atoms with Crippen molar-refractivity contribution in [3.8, 4) is 0 Å². The maximum atomic E-state index is 6.41. The van der Waals surface area contributed by atoms with Crippen molar-refractivity contribution < 1.29 is 0 Å². The van der Waals surface area contributed by atoms with Crippen LogP contribution in [0.2, 0.25) is 10.0 Å². The minimum Gasteiger partial charge on any atom is -0.313 e. The first-order valence-corrected chi connectivity index (χ1v) is 7.56. The average Bonchev–Trinajstić information content (AvgIpc) is 3.14. The molecule has 1 aromatic rings. The van der Waals surface area contributed by atoms with E-state index in [-0.39, 0.29) is 5.41 Å². The van der Waals surface area contributed by atoms with Crippen LogP contribution < -0.4 is 5.32 Å². The van der Waals surface area contributed by atoms with Gasteiger partial charge in [0.1, 0.15) is 0 Å². The third-order valence-corrected chi connectivity index (χ3v) is 5.27. The van der Waals surface area contributed by atoms with Crippen LogP contribution in [0.3, 0.4) is 0 Å². The summed E-state index contributed by atoms with van der Waals surface area (Å²) in [5.74, 6) is 0.697. The van der Waals surface area contributed by atoms with E-state index >= 15 is 0 Å². The zero-order valence-corrected chi connectivity index (χ0v) is 12.2. The fraction of sp³-hybridized carbons (Fsp3) is 0.600. The highest BCUT2D eigenvalue weighted by Crippen LogP contribution is 2.50. The van der Waals surface area contributed by atoms with Gasteiger partial charge in [-0.25, -0.2) is 0 Å². The molecular weight excluding hydrogens is 265 g/mol. The van der Waals surface area contributed by atoms with Crippen LogP contribution in [0.15, 0.2) is 18.2 Å². The lowest BCUT2D eigenvalue weighted by Gasteiger charge is -2.49. The predicted molar refractivity (Wildman–Crippen MR) is 77.6 cm³/mol. The summed E-state index contributed by atoms with van der Waals surface area (Å²) >= 11 is 12.4. The molecule has 1 N–H and O–H groups in total. The van der Waals surface area contributed by atoms with Crippen LogP contribution in [0.1, 0.15) is 38.2 Å². The monoisotopic (exact) mass is 283 g/mol. The van der Waals surface area contributed by atoms with Crippen LogP contribution in [0.5, 0.6) is 0 Å². The molecule has 2 aliphatic carbocycles. The summed E-state index contributed by atoms with van der Waals surface area (Å²) in [6, 6.07) is 6.71. The van der Waals surface area contributed by atoms with Gasteiger partial charge in [0.15, 0.2) is 0 Å². The van der Waals surface area contributed by atoms with Crippen LogP contribution in [-0.4, -0.2) is 12.6 Å². The molecule has 2 fully saturated rings. The van der Waals surface area contributed by atoms with E-state index in [2.05, 4.69) is 18.3 Å². The third kappa shape index (κ3) is 2.17. The molecule has 2 saturated carbocycles. The first-order valence-electron chi connectivity index (χ1n) is 6.81. The van der Waals surface area contributed by atoms with Crippen molar-refractivity contribution in [1.82, 2.24) is 5.32 Å². The molecular formula is C15H19Cl2N. The molecule has 0 radical (unpaired) electrons. The van der Waals surface area contributed by atoms with Crippen molar-refractivity contribution in [2.75, 3.05) is 6.54 Å². The van der Waals surface area contributed by atoms with Crippen LogP contribution >= 0.6 is 23.2 Å². The number of hydrogen-bond donors (Lipinski definition) is 1. The molecule has 1 nitrogen and oxygen atoms in total. The van der Waals surface area contributed by atoms with E-state index in [0.717, 1.165) is 22.6 Å². The highest BCUT2D eigenvalue weighted by atomic mass is 35.5. The molecule has 0 aliphatic heterocycles. The zero-order valence-electron chi connectivity index (χ0n) is 10.7. The molecule has 0 bridgehead atoms. The Labute approximate surface area is 119 Å². The second-order valence-corrected chi connectivity index (χ2v) is 6.72. The molecule has 2 unspecified atom stereocenters. The summed E-state index contributed by atoms with van der Waals surface area (Å²) < 4.78 is 0. The van der Waals surface area contributed by atoms with Gasteiger partial charge in [-0.05, 0) is 49.3 Å². The number of nitrogens with one attached hydrogen (secondary N) is 1. The zero-order chi connectivity index (χ0) is 12.8. The van der Waals surface area contributed by atoms with Gasteiger partial charge in [-0.3, -0.25) is 0 Å². The Kier molecular flexibility index (Phi) is 3.34. The molecule has 0 heterocycles. The van der Waals surface area contributed by atoms with Crippen molar-refractivity contribution in [2.45, 2.75) is 44.1 Å². The molecule has 18 heavy (non-hydrogen) atoms. The van der Waals surface area contributed by atoms with Crippen molar-refractivity contribution in [3.05, 3.63) is 33.8 Å². The van der Waals surface area contributed by atoms with Gasteiger partial charge in [0.2, 0.25) is 0 Å². The van der Waals surface area contributed by atoms with Gasteiger partial charge in [0.25, 0.3) is 0 Å². The van der Waals surface area contributed by atoms with E-state index in [1.807, 2.05) is 12.1 Å². The maximum Gasteiger partial charge on any atom is 0.0459 e. The molecule has 3 heteroatoms. The summed E-state index contributed by atoms with van der Waals surface area (Å²) in [5, 5.41) is 5.23. The van der Waals surface area contributed by atoms with Gasteiger partial charge in [0.05, 0.1) is 0 Å². The molecule has 2 atom stereocenters. The van der Waals surface area contributed by atoms with Gasteiger partial charge in [0, 0.05) is 28.0 Å². The van der Waals surface area contributed by atoms with E-state index < -0.39 is 0 Å². The smallest absolute Gasteiger partial charge is 0.0459 e. The molecule has 3 rings (SSSR count). The summed E-state index contributed by atoms with van der Waals surface area (Å²) in [6.07, 6.45) is 5.19. The van der Waals surface area contributed by atoms with E-state index in [0.29, 0.717) is 5.92 Å². The normalized spacial score (nSPS) is 31.2. The van der Waals surface area contributed by atoms with Crippen LogP contribution in [0.4, 0.5) is 0 Å². The van der Waals surface area contributed by atoms with Crippen LogP contribution in [0.25, 0.3) is 0 Å². The Morgan fingerprint density at radius 2 is 2.06 bits per heavy atom. The topological polar surface area (TPSA) is 12.0 Å². The SMILES string of the molecule is CC1CCC1(CNC1CC1)c1ccc(Cl)cc1Cl. The van der Waals surface area contributed by atoms with Gasteiger partial charge in [-0.2, -0.15) is 0 Å². The quantitative estimate of drug-likeness (QED) is 0.863. The summed E-state index contributed by atoms with van der Waals surface area (Å²) in [5.41, 5.74) is 1.50. The molecule has 0 spiro atoms. The third-order valence-electron chi connectivity index (χ3n) is 4.72. The molecule has 2 aliphatic rings. The lowest BCUT2D eigenvalue weighted by atomic mass is 9.57. The fourth-order valence-electron chi connectivity index (χ4n) is 3.05. The van der Waals surface area contributed by atoms with Gasteiger partial charge >= 0.3 is 0 Å². The second kappa shape index (κ2) is 4.70. The molecule has 0 aromatic heterocycles. The minimum absolute atomic E-state index is 0.226. The molecule has 98 valence electrons. The molecule has 0 amide bonds. The van der Waals surface area contributed by atoms with Crippen molar-refractivity contribution in [1.29, 1.82) is 0 Å². The Balaban J connectivity index is 1.87. The highest BCUT2D eigenvalue weighted by Gasteiger charge is 2.46. The number of rotatable bonds is 4. The lowest BCUT2D eigenvalue weighted by molar-refractivity contribution is 0.133. The van der Waals surface area contributed by atoms with Gasteiger partial charge < -0.3 is 5.32 Å². The highest BCUT2D eigenvalue weighted by molar-refractivity contribution is 6.35. The standard InChI is InChI=1S/C15H19Cl2N/c1-10-6-7-15(10,9-18-12-3-4-12)13-5-2-11(16)8-14(13)17/h2,5,8,10,12,18H,3-4,6-7,9H2,1H3.